The lowest BCUT2D eigenvalue weighted by Gasteiger charge is -2.34. The smallest absolute Gasteiger partial charge is 0.252 e. The summed E-state index contributed by atoms with van der Waals surface area (Å²) in [7, 11) is -2.07. The van der Waals surface area contributed by atoms with Gasteiger partial charge in [0.15, 0.2) is 0 Å². The standard InChI is InChI=1S/C24H27FN4O4S/c1-16-14-29(15-17(2)33-16)34(31,32)19-8-6-7-18(13-19)24(30)27-22(23-26-11-12-28(23)3)20-9-4-5-10-21(20)25/h4-13,16-17,22H,14-15H2,1-3H3,(H,27,30). The summed E-state index contributed by atoms with van der Waals surface area (Å²) in [5.74, 6) is -0.585. The van der Waals surface area contributed by atoms with Gasteiger partial charge in [-0.05, 0) is 38.1 Å². The van der Waals surface area contributed by atoms with Crippen LogP contribution < -0.4 is 5.32 Å². The van der Waals surface area contributed by atoms with E-state index in [1.165, 1.54) is 34.6 Å². The Kier molecular flexibility index (Phi) is 6.83. The molecule has 0 aliphatic carbocycles. The fourth-order valence-corrected chi connectivity index (χ4v) is 5.77. The number of imidazole rings is 1. The van der Waals surface area contributed by atoms with Crippen molar-refractivity contribution in [2.75, 3.05) is 13.1 Å². The lowest BCUT2D eigenvalue weighted by molar-refractivity contribution is -0.0440. The lowest BCUT2D eigenvalue weighted by atomic mass is 10.0. The highest BCUT2D eigenvalue weighted by Crippen LogP contribution is 2.25. The van der Waals surface area contributed by atoms with Crippen molar-refractivity contribution in [3.8, 4) is 0 Å². The SMILES string of the molecule is CC1CN(S(=O)(=O)c2cccc(C(=O)NC(c3ccccc3F)c3nccn3C)c2)CC(C)O1. The average Bonchev–Trinajstić information content (AvgIpc) is 3.23. The molecule has 10 heteroatoms. The predicted molar refractivity (Wildman–Crippen MR) is 124 cm³/mol. The van der Waals surface area contributed by atoms with Gasteiger partial charge in [-0.25, -0.2) is 17.8 Å². The van der Waals surface area contributed by atoms with Crippen molar-refractivity contribution in [1.82, 2.24) is 19.2 Å². The zero-order valence-electron chi connectivity index (χ0n) is 19.2. The van der Waals surface area contributed by atoms with Gasteiger partial charge in [-0.1, -0.05) is 24.3 Å². The van der Waals surface area contributed by atoms with Crippen LogP contribution in [-0.4, -0.2) is 53.5 Å². The topological polar surface area (TPSA) is 93.5 Å². The van der Waals surface area contributed by atoms with Crippen LogP contribution in [0.4, 0.5) is 4.39 Å². The monoisotopic (exact) mass is 486 g/mol. The van der Waals surface area contributed by atoms with Crippen LogP contribution in [0.2, 0.25) is 0 Å². The fourth-order valence-electron chi connectivity index (χ4n) is 4.13. The summed E-state index contributed by atoms with van der Waals surface area (Å²) in [6.07, 6.45) is 2.80. The van der Waals surface area contributed by atoms with E-state index in [1.54, 1.807) is 42.2 Å². The molecule has 1 fully saturated rings. The zero-order valence-corrected chi connectivity index (χ0v) is 20.0. The van der Waals surface area contributed by atoms with Crippen molar-refractivity contribution in [2.24, 2.45) is 7.05 Å². The summed E-state index contributed by atoms with van der Waals surface area (Å²) in [5.41, 5.74) is 0.399. The van der Waals surface area contributed by atoms with E-state index < -0.39 is 27.8 Å². The molecule has 0 radical (unpaired) electrons. The van der Waals surface area contributed by atoms with Crippen LogP contribution in [0.5, 0.6) is 0 Å². The van der Waals surface area contributed by atoms with Crippen LogP contribution >= 0.6 is 0 Å². The van der Waals surface area contributed by atoms with E-state index in [0.717, 1.165) is 0 Å². The van der Waals surface area contributed by atoms with Crippen molar-refractivity contribution in [3.05, 3.63) is 83.7 Å². The van der Waals surface area contributed by atoms with Gasteiger partial charge in [0, 0.05) is 43.7 Å². The average molecular weight is 487 g/mol. The number of sulfonamides is 1. The number of morpholine rings is 1. The number of aromatic nitrogens is 2. The summed E-state index contributed by atoms with van der Waals surface area (Å²) in [5, 5.41) is 2.82. The molecule has 2 heterocycles. The Labute approximate surface area is 198 Å². The molecule has 180 valence electrons. The third-order valence-electron chi connectivity index (χ3n) is 5.73. The highest BCUT2D eigenvalue weighted by atomic mass is 32.2. The molecular weight excluding hydrogens is 459 g/mol. The van der Waals surface area contributed by atoms with E-state index in [4.69, 9.17) is 4.74 Å². The second-order valence-electron chi connectivity index (χ2n) is 8.43. The molecule has 1 amide bonds. The third kappa shape index (κ3) is 4.89. The molecule has 1 aliphatic heterocycles. The molecule has 34 heavy (non-hydrogen) atoms. The lowest BCUT2D eigenvalue weighted by Crippen LogP contribution is -2.48. The molecule has 0 spiro atoms. The number of benzene rings is 2. The first-order valence-electron chi connectivity index (χ1n) is 10.9. The molecule has 1 N–H and O–H groups in total. The Morgan fingerprint density at radius 2 is 1.85 bits per heavy atom. The Morgan fingerprint density at radius 1 is 1.15 bits per heavy atom. The predicted octanol–water partition coefficient (Wildman–Crippen LogP) is 2.88. The maximum Gasteiger partial charge on any atom is 0.252 e. The van der Waals surface area contributed by atoms with Gasteiger partial charge in [0.1, 0.15) is 17.7 Å². The molecule has 1 aliphatic rings. The van der Waals surface area contributed by atoms with Gasteiger partial charge in [0.2, 0.25) is 10.0 Å². The summed E-state index contributed by atoms with van der Waals surface area (Å²) >= 11 is 0. The number of nitrogens with one attached hydrogen (secondary N) is 1. The van der Waals surface area contributed by atoms with E-state index in [9.17, 15) is 17.6 Å². The maximum atomic E-state index is 14.6. The van der Waals surface area contributed by atoms with Gasteiger partial charge < -0.3 is 14.6 Å². The molecular formula is C24H27FN4O4S. The van der Waals surface area contributed by atoms with Crippen LogP contribution in [0.1, 0.15) is 41.6 Å². The Balaban J connectivity index is 1.64. The number of rotatable bonds is 6. The van der Waals surface area contributed by atoms with Gasteiger partial charge in [-0.2, -0.15) is 4.31 Å². The Morgan fingerprint density at radius 3 is 2.50 bits per heavy atom. The van der Waals surface area contributed by atoms with Crippen LogP contribution in [0.15, 0.2) is 65.8 Å². The van der Waals surface area contributed by atoms with Gasteiger partial charge in [0.05, 0.1) is 17.1 Å². The van der Waals surface area contributed by atoms with E-state index >= 15 is 0 Å². The minimum Gasteiger partial charge on any atom is -0.373 e. The van der Waals surface area contributed by atoms with E-state index in [-0.39, 0.29) is 41.3 Å². The first-order chi connectivity index (χ1) is 16.2. The second-order valence-corrected chi connectivity index (χ2v) is 10.4. The third-order valence-corrected chi connectivity index (χ3v) is 7.56. The van der Waals surface area contributed by atoms with Gasteiger partial charge in [0.25, 0.3) is 5.91 Å². The minimum absolute atomic E-state index is 0.0147. The zero-order chi connectivity index (χ0) is 24.5. The molecule has 0 saturated carbocycles. The number of hydrogen-bond donors (Lipinski definition) is 1. The number of ether oxygens (including phenoxy) is 1. The van der Waals surface area contributed by atoms with Crippen LogP contribution in [0.3, 0.4) is 0 Å². The van der Waals surface area contributed by atoms with Crippen LogP contribution in [-0.2, 0) is 21.8 Å². The molecule has 3 atom stereocenters. The maximum absolute atomic E-state index is 14.6. The quantitative estimate of drug-likeness (QED) is 0.578. The first-order valence-corrected chi connectivity index (χ1v) is 12.4. The van der Waals surface area contributed by atoms with E-state index in [1.807, 2.05) is 13.8 Å². The van der Waals surface area contributed by atoms with Crippen LogP contribution in [0, 0.1) is 5.82 Å². The minimum atomic E-state index is -3.82. The highest BCUT2D eigenvalue weighted by molar-refractivity contribution is 7.89. The number of carbonyl (C=O) groups excluding carboxylic acids is 1. The number of nitrogens with zero attached hydrogens (tertiary/aromatic N) is 3. The van der Waals surface area contributed by atoms with Gasteiger partial charge in [-0.15, -0.1) is 0 Å². The number of carbonyl (C=O) groups is 1. The summed E-state index contributed by atoms with van der Waals surface area (Å²) in [6, 6.07) is 11.1. The number of aryl methyl sites for hydroxylation is 1. The molecule has 1 saturated heterocycles. The molecule has 4 rings (SSSR count). The molecule has 2 aromatic carbocycles. The van der Waals surface area contributed by atoms with E-state index in [2.05, 4.69) is 10.3 Å². The second kappa shape index (κ2) is 9.65. The first kappa shape index (κ1) is 24.1. The largest absolute Gasteiger partial charge is 0.373 e. The highest BCUT2D eigenvalue weighted by Gasteiger charge is 2.33. The molecule has 3 unspecified atom stereocenters. The molecule has 8 nitrogen and oxygen atoms in total. The van der Waals surface area contributed by atoms with Crippen molar-refractivity contribution in [3.63, 3.8) is 0 Å². The Bertz CT molecular complexity index is 1280. The van der Waals surface area contributed by atoms with Crippen molar-refractivity contribution in [2.45, 2.75) is 37.0 Å². The number of amides is 1. The summed E-state index contributed by atoms with van der Waals surface area (Å²) < 4.78 is 49.8. The summed E-state index contributed by atoms with van der Waals surface area (Å²) in [4.78, 5) is 17.5. The van der Waals surface area contributed by atoms with Gasteiger partial charge in [-0.3, -0.25) is 4.79 Å². The van der Waals surface area contributed by atoms with Crippen LogP contribution in [0.25, 0.3) is 0 Å². The number of hydrogen-bond acceptors (Lipinski definition) is 5. The molecule has 1 aromatic heterocycles. The normalized spacial score (nSPS) is 20.1. The van der Waals surface area contributed by atoms with Crippen molar-refractivity contribution >= 4 is 15.9 Å². The van der Waals surface area contributed by atoms with Crippen molar-refractivity contribution in [1.29, 1.82) is 0 Å². The van der Waals surface area contributed by atoms with Crippen molar-refractivity contribution < 1.29 is 22.3 Å². The van der Waals surface area contributed by atoms with Gasteiger partial charge >= 0.3 is 0 Å². The van der Waals surface area contributed by atoms with E-state index in [0.29, 0.717) is 5.82 Å². The fraction of sp³-hybridized carbons (Fsp3) is 0.333. The number of halogens is 1. The summed E-state index contributed by atoms with van der Waals surface area (Å²) in [6.45, 7) is 4.11. The Hall–Kier alpha value is -3.08. The molecule has 0 bridgehead atoms. The molecule has 3 aromatic rings.